The maximum absolute atomic E-state index is 12.7. The third kappa shape index (κ3) is 6.66. The van der Waals surface area contributed by atoms with Gasteiger partial charge in [-0.2, -0.15) is 0 Å². The number of carbonyl (C=O) groups is 1. The molecular formula is C28H23Br2NO5S. The molecule has 1 N–H and O–H groups in total. The van der Waals surface area contributed by atoms with Crippen LogP contribution in [0.1, 0.15) is 18.1 Å². The summed E-state index contributed by atoms with van der Waals surface area (Å²) < 4.78 is 18.5. The van der Waals surface area contributed by atoms with Crippen molar-refractivity contribution in [1.82, 2.24) is 0 Å². The van der Waals surface area contributed by atoms with Crippen LogP contribution in [0.2, 0.25) is 0 Å². The van der Waals surface area contributed by atoms with Gasteiger partial charge < -0.3 is 19.3 Å². The van der Waals surface area contributed by atoms with E-state index in [1.165, 1.54) is 11.8 Å². The first-order chi connectivity index (χ1) is 17.9. The first-order valence-electron chi connectivity index (χ1n) is 11.3. The second kappa shape index (κ2) is 12.5. The topological polar surface area (TPSA) is 77.4 Å². The van der Waals surface area contributed by atoms with Gasteiger partial charge in [-0.1, -0.05) is 74.0 Å². The largest absolute Gasteiger partial charge is 0.506 e. The molecule has 0 saturated carbocycles. The zero-order chi connectivity index (χ0) is 26.4. The summed E-state index contributed by atoms with van der Waals surface area (Å²) in [6, 6.07) is 20.7. The van der Waals surface area contributed by atoms with Crippen molar-refractivity contribution < 1.29 is 24.1 Å². The van der Waals surface area contributed by atoms with Crippen LogP contribution in [0.4, 0.5) is 5.69 Å². The first kappa shape index (κ1) is 27.0. The highest BCUT2D eigenvalue weighted by Crippen LogP contribution is 2.42. The van der Waals surface area contributed by atoms with Gasteiger partial charge in [0.25, 0.3) is 0 Å². The van der Waals surface area contributed by atoms with E-state index in [2.05, 4.69) is 36.9 Å². The molecule has 37 heavy (non-hydrogen) atoms. The molecule has 0 aromatic heterocycles. The maximum atomic E-state index is 12.7. The van der Waals surface area contributed by atoms with Gasteiger partial charge in [0.05, 0.1) is 24.3 Å². The Morgan fingerprint density at radius 1 is 1.05 bits per heavy atom. The van der Waals surface area contributed by atoms with Crippen LogP contribution in [-0.4, -0.2) is 29.8 Å². The highest BCUT2D eigenvalue weighted by atomic mass is 79.9. The number of carbonyl (C=O) groups excluding carboxylic acids is 1. The van der Waals surface area contributed by atoms with Crippen molar-refractivity contribution in [2.75, 3.05) is 13.7 Å². The summed E-state index contributed by atoms with van der Waals surface area (Å²) in [5.74, 6) is 0.290. The lowest BCUT2D eigenvalue weighted by Gasteiger charge is -2.13. The Morgan fingerprint density at radius 2 is 1.78 bits per heavy atom. The quantitative estimate of drug-likeness (QED) is 0.251. The van der Waals surface area contributed by atoms with Crippen molar-refractivity contribution in [1.29, 1.82) is 0 Å². The average Bonchev–Trinajstić information content (AvgIpc) is 3.19. The van der Waals surface area contributed by atoms with Gasteiger partial charge in [0.15, 0.2) is 11.5 Å². The van der Waals surface area contributed by atoms with Crippen molar-refractivity contribution in [2.24, 2.45) is 4.99 Å². The molecule has 0 radical (unpaired) electrons. The first-order valence-corrected chi connectivity index (χ1v) is 13.7. The molecule has 4 rings (SSSR count). The third-order valence-electron chi connectivity index (χ3n) is 5.23. The molecule has 1 heterocycles. The van der Waals surface area contributed by atoms with Crippen molar-refractivity contribution in [3.63, 3.8) is 0 Å². The zero-order valence-corrected chi connectivity index (χ0v) is 24.0. The Labute approximate surface area is 236 Å². The van der Waals surface area contributed by atoms with Crippen LogP contribution >= 0.6 is 43.6 Å². The molecule has 3 aromatic carbocycles. The number of aliphatic hydroxyl groups is 1. The van der Waals surface area contributed by atoms with E-state index in [9.17, 15) is 9.90 Å². The summed E-state index contributed by atoms with van der Waals surface area (Å²) in [7, 11) is 1.57. The van der Waals surface area contributed by atoms with Crippen molar-refractivity contribution >= 4 is 66.4 Å². The van der Waals surface area contributed by atoms with E-state index in [4.69, 9.17) is 14.2 Å². The van der Waals surface area contributed by atoms with Gasteiger partial charge in [-0.05, 0) is 60.5 Å². The Balaban J connectivity index is 1.65. The molecule has 0 saturated heterocycles. The maximum Gasteiger partial charge on any atom is 0.344 e. The standard InChI is InChI=1S/C28H23Br2NO5S/c1-3-35-28(33)25-26(32)24(37-27(25)31-20-7-5-4-6-8-20)14-18-13-22(34-2)23(15-21(18)30)36-16-17-9-11-19(29)12-10-17/h4-15,32H,3,16H2,1-2H3/b24-14-,31-27?. The molecule has 0 amide bonds. The molecule has 0 spiro atoms. The van der Waals surface area contributed by atoms with Crippen LogP contribution in [0.5, 0.6) is 11.5 Å². The van der Waals surface area contributed by atoms with Gasteiger partial charge in [-0.3, -0.25) is 0 Å². The van der Waals surface area contributed by atoms with Crippen LogP contribution in [0.15, 0.2) is 96.9 Å². The number of methoxy groups -OCH3 is 1. The SMILES string of the molecule is CCOC(=O)C1=C(O)/C(=C/c2cc(OC)c(OCc3ccc(Br)cc3)cc2Br)SC1=Nc1ccccc1. The fourth-order valence-corrected chi connectivity index (χ4v) is 5.16. The van der Waals surface area contributed by atoms with Gasteiger partial charge in [-0.25, -0.2) is 9.79 Å². The molecule has 0 atom stereocenters. The van der Waals surface area contributed by atoms with Crippen molar-refractivity contribution in [2.45, 2.75) is 13.5 Å². The number of benzene rings is 3. The van der Waals surface area contributed by atoms with E-state index in [-0.39, 0.29) is 17.9 Å². The summed E-state index contributed by atoms with van der Waals surface area (Å²) >= 11 is 8.22. The van der Waals surface area contributed by atoms with Gasteiger partial charge in [0.2, 0.25) is 0 Å². The van der Waals surface area contributed by atoms with Crippen LogP contribution in [0.25, 0.3) is 6.08 Å². The number of ether oxygens (including phenoxy) is 3. The predicted molar refractivity (Wildman–Crippen MR) is 155 cm³/mol. The van der Waals surface area contributed by atoms with E-state index in [1.807, 2.05) is 60.7 Å². The summed E-state index contributed by atoms with van der Waals surface area (Å²) in [6.07, 6.45) is 1.76. The number of esters is 1. The Kier molecular flexibility index (Phi) is 9.13. The molecular weight excluding hydrogens is 622 g/mol. The summed E-state index contributed by atoms with van der Waals surface area (Å²) in [6.45, 7) is 2.27. The van der Waals surface area contributed by atoms with E-state index in [0.29, 0.717) is 33.7 Å². The lowest BCUT2D eigenvalue weighted by molar-refractivity contribution is -0.138. The monoisotopic (exact) mass is 643 g/mol. The van der Waals surface area contributed by atoms with Crippen LogP contribution < -0.4 is 9.47 Å². The lowest BCUT2D eigenvalue weighted by atomic mass is 10.1. The number of nitrogens with zero attached hydrogens (tertiary/aromatic N) is 1. The number of hydrogen-bond acceptors (Lipinski definition) is 7. The minimum absolute atomic E-state index is 0.0412. The van der Waals surface area contributed by atoms with Gasteiger partial charge in [-0.15, -0.1) is 0 Å². The fraction of sp³-hybridized carbons (Fsp3) is 0.143. The van der Waals surface area contributed by atoms with Gasteiger partial charge >= 0.3 is 5.97 Å². The van der Waals surface area contributed by atoms with E-state index in [0.717, 1.165) is 20.1 Å². The Morgan fingerprint density at radius 3 is 2.46 bits per heavy atom. The Hall–Kier alpha value is -3.01. The second-order valence-electron chi connectivity index (χ2n) is 7.75. The van der Waals surface area contributed by atoms with E-state index < -0.39 is 5.97 Å². The van der Waals surface area contributed by atoms with E-state index >= 15 is 0 Å². The molecule has 1 aliphatic heterocycles. The minimum Gasteiger partial charge on any atom is -0.506 e. The smallest absolute Gasteiger partial charge is 0.344 e. The number of aliphatic imine (C=N–C) groups is 1. The molecule has 0 fully saturated rings. The molecule has 0 bridgehead atoms. The van der Waals surface area contributed by atoms with Crippen LogP contribution in [-0.2, 0) is 16.1 Å². The molecule has 6 nitrogen and oxygen atoms in total. The Bertz CT molecular complexity index is 1390. The number of thioether (sulfide) groups is 1. The predicted octanol–water partition coefficient (Wildman–Crippen LogP) is 7.99. The molecule has 190 valence electrons. The molecule has 1 aliphatic rings. The summed E-state index contributed by atoms with van der Waals surface area (Å²) in [4.78, 5) is 17.7. The number of hydrogen-bond donors (Lipinski definition) is 1. The number of rotatable bonds is 8. The van der Waals surface area contributed by atoms with Crippen molar-refractivity contribution in [3.05, 3.63) is 103 Å². The average molecular weight is 645 g/mol. The van der Waals surface area contributed by atoms with Crippen molar-refractivity contribution in [3.8, 4) is 11.5 Å². The summed E-state index contributed by atoms with van der Waals surface area (Å²) in [5.41, 5.74) is 2.45. The highest BCUT2D eigenvalue weighted by molar-refractivity contribution is 9.10. The number of halogens is 2. The van der Waals surface area contributed by atoms with Gasteiger partial charge in [0.1, 0.15) is 23.0 Å². The number of para-hydroxylation sites is 1. The third-order valence-corrected chi connectivity index (χ3v) is 7.47. The molecule has 3 aromatic rings. The molecule has 0 unspecified atom stereocenters. The molecule has 0 aliphatic carbocycles. The van der Waals surface area contributed by atoms with Gasteiger partial charge in [0, 0.05) is 8.95 Å². The highest BCUT2D eigenvalue weighted by Gasteiger charge is 2.33. The van der Waals surface area contributed by atoms with E-state index in [1.54, 1.807) is 26.2 Å². The number of aliphatic hydroxyl groups excluding tert-OH is 1. The lowest BCUT2D eigenvalue weighted by Crippen LogP contribution is -2.12. The molecule has 9 heteroatoms. The second-order valence-corrected chi connectivity index (χ2v) is 10.5. The normalized spacial score (nSPS) is 15.4. The van der Waals surface area contributed by atoms with Crippen LogP contribution in [0, 0.1) is 0 Å². The van der Waals surface area contributed by atoms with Crippen LogP contribution in [0.3, 0.4) is 0 Å². The summed E-state index contributed by atoms with van der Waals surface area (Å²) in [5, 5.41) is 11.4. The minimum atomic E-state index is -0.626. The zero-order valence-electron chi connectivity index (χ0n) is 20.0. The fourth-order valence-electron chi connectivity index (χ4n) is 3.43.